The van der Waals surface area contributed by atoms with E-state index in [-0.39, 0.29) is 10.8 Å². The third-order valence-corrected chi connectivity index (χ3v) is 4.75. The molecule has 0 aliphatic heterocycles. The summed E-state index contributed by atoms with van der Waals surface area (Å²) < 4.78 is 0. The minimum atomic E-state index is -1.33. The molecule has 1 N–H and O–H groups in total. The quantitative estimate of drug-likeness (QED) is 0.536. The molecule has 2 atom stereocenters. The Morgan fingerprint density at radius 3 is 2.60 bits per heavy atom. The maximum atomic E-state index is 10.3. The van der Waals surface area contributed by atoms with Crippen LogP contribution in [0.4, 0.5) is 4.79 Å². The lowest BCUT2D eigenvalue weighted by Gasteiger charge is -2.34. The highest BCUT2D eigenvalue weighted by molar-refractivity contribution is 5.94. The molecule has 2 bridgehead atoms. The highest BCUT2D eigenvalue weighted by Crippen LogP contribution is 2.63. The summed E-state index contributed by atoms with van der Waals surface area (Å²) in [6.07, 6.45) is 1.87. The zero-order valence-corrected chi connectivity index (χ0v) is 9.41. The monoisotopic (exact) mass is 211 g/mol. The van der Waals surface area contributed by atoms with Crippen molar-refractivity contribution in [3.05, 3.63) is 0 Å². The Hall–Kier alpha value is -1.06. The van der Waals surface area contributed by atoms with Gasteiger partial charge in [-0.3, -0.25) is 4.84 Å². The molecule has 2 aliphatic rings. The average molecular weight is 211 g/mol. The lowest BCUT2D eigenvalue weighted by Crippen LogP contribution is -2.32. The van der Waals surface area contributed by atoms with Gasteiger partial charge in [-0.05, 0) is 30.6 Å². The highest BCUT2D eigenvalue weighted by atomic mass is 16.7. The Balaban J connectivity index is 2.26. The Morgan fingerprint density at radius 2 is 2.20 bits per heavy atom. The molecule has 4 nitrogen and oxygen atoms in total. The van der Waals surface area contributed by atoms with Gasteiger partial charge in [0.1, 0.15) is 0 Å². The Labute approximate surface area is 89.3 Å². The summed E-state index contributed by atoms with van der Waals surface area (Å²) >= 11 is 0. The van der Waals surface area contributed by atoms with Gasteiger partial charge in [-0.1, -0.05) is 25.9 Å². The van der Waals surface area contributed by atoms with Crippen LogP contribution in [0.25, 0.3) is 0 Å². The van der Waals surface area contributed by atoms with Crippen molar-refractivity contribution in [2.75, 3.05) is 0 Å². The smallest absolute Gasteiger partial charge is 0.448 e. The lowest BCUT2D eigenvalue weighted by atomic mass is 9.70. The van der Waals surface area contributed by atoms with Gasteiger partial charge in [0.15, 0.2) is 0 Å². The molecule has 0 amide bonds. The molecule has 15 heavy (non-hydrogen) atoms. The fourth-order valence-corrected chi connectivity index (χ4v) is 3.16. The second-order valence-electron chi connectivity index (χ2n) is 5.39. The van der Waals surface area contributed by atoms with Gasteiger partial charge in [0.25, 0.3) is 0 Å². The normalized spacial score (nSPS) is 39.7. The summed E-state index contributed by atoms with van der Waals surface area (Å²) in [6.45, 7) is 6.66. The molecule has 0 spiro atoms. The number of hydrogen-bond donors (Lipinski definition) is 1. The van der Waals surface area contributed by atoms with Gasteiger partial charge in [-0.25, -0.2) is 4.79 Å². The van der Waals surface area contributed by atoms with Crippen LogP contribution in [0.15, 0.2) is 5.16 Å². The fraction of sp³-hybridized carbons (Fsp3) is 0.818. The largest absolute Gasteiger partial charge is 0.532 e. The van der Waals surface area contributed by atoms with Crippen molar-refractivity contribution >= 4 is 11.9 Å². The van der Waals surface area contributed by atoms with Crippen molar-refractivity contribution in [2.45, 2.75) is 40.0 Å². The van der Waals surface area contributed by atoms with Crippen molar-refractivity contribution in [1.82, 2.24) is 0 Å². The third-order valence-electron chi connectivity index (χ3n) is 4.75. The van der Waals surface area contributed by atoms with Crippen molar-refractivity contribution in [3.63, 3.8) is 0 Å². The van der Waals surface area contributed by atoms with Gasteiger partial charge in [0.2, 0.25) is 0 Å². The number of fused-ring (bicyclic) bond motifs is 2. The predicted octanol–water partition coefficient (Wildman–Crippen LogP) is 2.88. The Bertz CT molecular complexity index is 335. The molecule has 84 valence electrons. The van der Waals surface area contributed by atoms with Crippen LogP contribution >= 0.6 is 0 Å². The molecule has 0 aromatic rings. The van der Waals surface area contributed by atoms with E-state index in [2.05, 4.69) is 30.8 Å². The first kappa shape index (κ1) is 10.5. The van der Waals surface area contributed by atoms with E-state index < -0.39 is 6.16 Å². The molecule has 0 aromatic heterocycles. The minimum Gasteiger partial charge on any atom is -0.448 e. The van der Waals surface area contributed by atoms with Crippen molar-refractivity contribution < 1.29 is 14.7 Å². The molecule has 2 aliphatic carbocycles. The van der Waals surface area contributed by atoms with Gasteiger partial charge < -0.3 is 5.11 Å². The molecule has 0 saturated heterocycles. The van der Waals surface area contributed by atoms with E-state index in [1.165, 1.54) is 6.42 Å². The van der Waals surface area contributed by atoms with Gasteiger partial charge in [0, 0.05) is 5.41 Å². The number of rotatable bonds is 1. The van der Waals surface area contributed by atoms with Crippen LogP contribution in [0, 0.1) is 16.7 Å². The first-order chi connectivity index (χ1) is 6.88. The van der Waals surface area contributed by atoms with E-state index in [9.17, 15) is 4.79 Å². The zero-order valence-electron chi connectivity index (χ0n) is 9.41. The minimum absolute atomic E-state index is 0.0209. The van der Waals surface area contributed by atoms with Crippen LogP contribution in [0.1, 0.15) is 40.0 Å². The second-order valence-corrected chi connectivity index (χ2v) is 5.39. The summed E-state index contributed by atoms with van der Waals surface area (Å²) in [4.78, 5) is 14.6. The predicted molar refractivity (Wildman–Crippen MR) is 55.8 cm³/mol. The summed E-state index contributed by atoms with van der Waals surface area (Å²) in [5.41, 5.74) is 1.16. The summed E-state index contributed by atoms with van der Waals surface area (Å²) in [5, 5.41) is 12.2. The standard InChI is InChI=1S/C11H17NO3/c1-10(2)7-4-5-11(10,3)8(6-7)12-15-9(13)14/h7H,4-6H2,1-3H3,(H,13,14). The van der Waals surface area contributed by atoms with Crippen LogP contribution in [-0.2, 0) is 4.84 Å². The molecule has 0 radical (unpaired) electrons. The molecule has 2 saturated carbocycles. The average Bonchev–Trinajstić information content (AvgIpc) is 2.46. The lowest BCUT2D eigenvalue weighted by molar-refractivity contribution is 0.0926. The van der Waals surface area contributed by atoms with Gasteiger partial charge in [-0.2, -0.15) is 0 Å². The number of oxime groups is 1. The van der Waals surface area contributed by atoms with Crippen molar-refractivity contribution in [2.24, 2.45) is 21.9 Å². The summed E-state index contributed by atoms with van der Waals surface area (Å²) in [5.74, 6) is 0.624. The van der Waals surface area contributed by atoms with Crippen LogP contribution in [0.2, 0.25) is 0 Å². The van der Waals surface area contributed by atoms with Crippen LogP contribution in [0.3, 0.4) is 0 Å². The summed E-state index contributed by atoms with van der Waals surface area (Å²) in [7, 11) is 0. The molecule has 2 rings (SSSR count). The Morgan fingerprint density at radius 1 is 1.53 bits per heavy atom. The number of carboxylic acid groups (broad SMARTS) is 1. The van der Waals surface area contributed by atoms with Gasteiger partial charge in [-0.15, -0.1) is 0 Å². The van der Waals surface area contributed by atoms with Crippen LogP contribution in [0.5, 0.6) is 0 Å². The van der Waals surface area contributed by atoms with E-state index in [0.29, 0.717) is 5.92 Å². The van der Waals surface area contributed by atoms with Crippen LogP contribution < -0.4 is 0 Å². The topological polar surface area (TPSA) is 58.9 Å². The van der Waals surface area contributed by atoms with E-state index >= 15 is 0 Å². The van der Waals surface area contributed by atoms with Gasteiger partial charge >= 0.3 is 6.16 Å². The maximum absolute atomic E-state index is 10.3. The SMILES string of the molecule is CC12CCC(CC1=NOC(=O)O)C2(C)C. The van der Waals surface area contributed by atoms with Crippen LogP contribution in [-0.4, -0.2) is 17.0 Å². The first-order valence-electron chi connectivity index (χ1n) is 5.35. The van der Waals surface area contributed by atoms with E-state index in [1.807, 2.05) is 0 Å². The molecule has 4 heteroatoms. The van der Waals surface area contributed by atoms with E-state index in [4.69, 9.17) is 5.11 Å². The van der Waals surface area contributed by atoms with Crippen molar-refractivity contribution in [3.8, 4) is 0 Å². The third kappa shape index (κ3) is 1.27. The molecule has 0 aromatic carbocycles. The van der Waals surface area contributed by atoms with Crippen molar-refractivity contribution in [1.29, 1.82) is 0 Å². The molecular weight excluding hydrogens is 194 g/mol. The maximum Gasteiger partial charge on any atom is 0.532 e. The summed E-state index contributed by atoms with van der Waals surface area (Å²) in [6, 6.07) is 0. The number of nitrogens with zero attached hydrogens (tertiary/aromatic N) is 1. The molecular formula is C11H17NO3. The Kier molecular flexibility index (Phi) is 2.07. The second kappa shape index (κ2) is 2.97. The number of carbonyl (C=O) groups is 1. The fourth-order valence-electron chi connectivity index (χ4n) is 3.16. The highest BCUT2D eigenvalue weighted by Gasteiger charge is 2.60. The molecule has 2 unspecified atom stereocenters. The molecule has 0 heterocycles. The van der Waals surface area contributed by atoms with Gasteiger partial charge in [0.05, 0.1) is 5.71 Å². The molecule has 2 fully saturated rings. The first-order valence-corrected chi connectivity index (χ1v) is 5.35. The number of hydrogen-bond acceptors (Lipinski definition) is 3. The van der Waals surface area contributed by atoms with E-state index in [1.54, 1.807) is 0 Å². The van der Waals surface area contributed by atoms with E-state index in [0.717, 1.165) is 18.6 Å². The zero-order chi connectivity index (χ0) is 11.3.